The number of anilines is 1. The zero-order chi connectivity index (χ0) is 18.9. The van der Waals surface area contributed by atoms with E-state index in [1.54, 1.807) is 0 Å². The van der Waals surface area contributed by atoms with Gasteiger partial charge in [-0.05, 0) is 50.7 Å². The van der Waals surface area contributed by atoms with E-state index in [9.17, 15) is 13.2 Å². The van der Waals surface area contributed by atoms with Gasteiger partial charge in [-0.2, -0.15) is 0 Å². The maximum atomic E-state index is 12.7. The van der Waals surface area contributed by atoms with E-state index < -0.39 is 10.0 Å². The topological polar surface area (TPSA) is 91.4 Å². The van der Waals surface area contributed by atoms with Crippen molar-refractivity contribution in [1.29, 1.82) is 0 Å². The highest BCUT2D eigenvalue weighted by Gasteiger charge is 2.26. The first kappa shape index (κ1) is 19.1. The Balaban J connectivity index is 1.87. The van der Waals surface area contributed by atoms with E-state index >= 15 is 0 Å². The lowest BCUT2D eigenvalue weighted by molar-refractivity contribution is 0.0952. The molecule has 1 saturated carbocycles. The van der Waals surface area contributed by atoms with Gasteiger partial charge < -0.3 is 10.6 Å². The quantitative estimate of drug-likeness (QED) is 0.778. The number of aromatic nitrogens is 1. The van der Waals surface area contributed by atoms with Crippen LogP contribution in [0, 0.1) is 5.92 Å². The molecule has 0 aromatic carbocycles. The summed E-state index contributed by atoms with van der Waals surface area (Å²) in [5, 5.41) is 6.27. The highest BCUT2D eigenvalue weighted by Crippen LogP contribution is 2.28. The molecule has 1 aromatic rings. The molecule has 0 saturated heterocycles. The van der Waals surface area contributed by atoms with E-state index in [-0.39, 0.29) is 11.9 Å². The molecule has 26 heavy (non-hydrogen) atoms. The van der Waals surface area contributed by atoms with Crippen LogP contribution in [0.3, 0.4) is 0 Å². The molecule has 0 bridgehead atoms. The van der Waals surface area contributed by atoms with Crippen molar-refractivity contribution in [3.8, 4) is 0 Å². The van der Waals surface area contributed by atoms with E-state index in [1.165, 1.54) is 23.4 Å². The first-order chi connectivity index (χ1) is 12.2. The van der Waals surface area contributed by atoms with Crippen LogP contribution in [0.4, 0.5) is 5.82 Å². The zero-order valence-corrected chi connectivity index (χ0v) is 16.5. The molecule has 1 fully saturated rings. The molecule has 144 valence electrons. The summed E-state index contributed by atoms with van der Waals surface area (Å²) in [4.78, 5) is 17.4. The summed E-state index contributed by atoms with van der Waals surface area (Å²) in [5.41, 5.74) is 2.38. The number of rotatable bonds is 6. The normalized spacial score (nSPS) is 18.3. The average Bonchev–Trinajstić information content (AvgIpc) is 3.37. The minimum Gasteiger partial charge on any atom is -0.367 e. The predicted molar refractivity (Wildman–Crippen MR) is 102 cm³/mol. The summed E-state index contributed by atoms with van der Waals surface area (Å²) >= 11 is 0. The number of amides is 1. The molecular formula is C18H28N4O3S. The summed E-state index contributed by atoms with van der Waals surface area (Å²) in [6.07, 6.45) is 4.72. The smallest absolute Gasteiger partial charge is 0.255 e. The molecule has 0 unspecified atom stereocenters. The molecule has 7 nitrogen and oxygen atoms in total. The zero-order valence-electron chi connectivity index (χ0n) is 15.7. The number of pyridine rings is 1. The van der Waals surface area contributed by atoms with Crippen molar-refractivity contribution in [3.63, 3.8) is 0 Å². The van der Waals surface area contributed by atoms with Gasteiger partial charge in [0.1, 0.15) is 5.82 Å². The van der Waals surface area contributed by atoms with Gasteiger partial charge in [0.15, 0.2) is 0 Å². The fourth-order valence-corrected chi connectivity index (χ4v) is 4.00. The average molecular weight is 381 g/mol. The predicted octanol–water partition coefficient (Wildman–Crippen LogP) is 1.40. The summed E-state index contributed by atoms with van der Waals surface area (Å²) in [7, 11) is -3.22. The second-order valence-corrected chi connectivity index (χ2v) is 9.59. The third-order valence-electron chi connectivity index (χ3n) is 4.81. The van der Waals surface area contributed by atoms with Crippen molar-refractivity contribution < 1.29 is 13.2 Å². The second kappa shape index (κ2) is 7.52. The molecule has 0 radical (unpaired) electrons. The van der Waals surface area contributed by atoms with Crippen LogP contribution in [0.1, 0.15) is 48.3 Å². The van der Waals surface area contributed by atoms with E-state index in [0.29, 0.717) is 49.8 Å². The van der Waals surface area contributed by atoms with Crippen LogP contribution in [0.15, 0.2) is 6.07 Å². The Hall–Kier alpha value is -1.67. The molecule has 1 aliphatic carbocycles. The second-order valence-electron chi connectivity index (χ2n) is 7.60. The number of nitrogens with zero attached hydrogens (tertiary/aromatic N) is 2. The third kappa shape index (κ3) is 4.73. The van der Waals surface area contributed by atoms with Gasteiger partial charge in [0.2, 0.25) is 10.0 Å². The highest BCUT2D eigenvalue weighted by atomic mass is 32.2. The molecule has 0 atom stereocenters. The summed E-state index contributed by atoms with van der Waals surface area (Å²) < 4.78 is 25.2. The van der Waals surface area contributed by atoms with Gasteiger partial charge in [-0.15, -0.1) is 0 Å². The van der Waals surface area contributed by atoms with E-state index in [0.717, 1.165) is 11.3 Å². The lowest BCUT2D eigenvalue weighted by Crippen LogP contribution is -2.32. The summed E-state index contributed by atoms with van der Waals surface area (Å²) in [6, 6.07) is 2.04. The largest absolute Gasteiger partial charge is 0.367 e. The Morgan fingerprint density at radius 3 is 2.62 bits per heavy atom. The fourth-order valence-electron chi connectivity index (χ4n) is 3.16. The van der Waals surface area contributed by atoms with E-state index in [2.05, 4.69) is 10.6 Å². The van der Waals surface area contributed by atoms with Crippen LogP contribution in [0.2, 0.25) is 0 Å². The number of nitrogens with one attached hydrogen (secondary N) is 2. The lowest BCUT2D eigenvalue weighted by atomic mass is 10.0. The van der Waals surface area contributed by atoms with Gasteiger partial charge in [0.25, 0.3) is 5.91 Å². The Bertz CT molecular complexity index is 788. The molecule has 2 aliphatic rings. The SMILES string of the molecule is CC(C)Nc1nc2c(cc1C(=O)NCC1CC1)CCN(S(C)(=O)=O)CC2. The molecule has 2 heterocycles. The molecule has 0 spiro atoms. The Labute approximate surface area is 155 Å². The van der Waals surface area contributed by atoms with Crippen LogP contribution in [0.5, 0.6) is 0 Å². The molecule has 8 heteroatoms. The van der Waals surface area contributed by atoms with Crippen molar-refractivity contribution >= 4 is 21.7 Å². The summed E-state index contributed by atoms with van der Waals surface area (Å²) in [5.74, 6) is 1.08. The van der Waals surface area contributed by atoms with E-state index in [4.69, 9.17) is 4.98 Å². The van der Waals surface area contributed by atoms with Gasteiger partial charge in [-0.25, -0.2) is 17.7 Å². The number of hydrogen-bond acceptors (Lipinski definition) is 5. The van der Waals surface area contributed by atoms with Crippen molar-refractivity contribution in [2.75, 3.05) is 31.2 Å². The van der Waals surface area contributed by atoms with Crippen LogP contribution in [-0.4, -0.2) is 55.5 Å². The van der Waals surface area contributed by atoms with Crippen LogP contribution >= 0.6 is 0 Å². The minimum atomic E-state index is -3.22. The van der Waals surface area contributed by atoms with Gasteiger partial charge in [-0.3, -0.25) is 4.79 Å². The molecule has 3 rings (SSSR count). The van der Waals surface area contributed by atoms with E-state index in [1.807, 2.05) is 19.9 Å². The molecule has 1 aliphatic heterocycles. The van der Waals surface area contributed by atoms with Gasteiger partial charge in [-0.1, -0.05) is 0 Å². The molecule has 2 N–H and O–H groups in total. The Morgan fingerprint density at radius 1 is 1.31 bits per heavy atom. The van der Waals surface area contributed by atoms with Gasteiger partial charge in [0, 0.05) is 37.8 Å². The van der Waals surface area contributed by atoms with Crippen molar-refractivity contribution in [3.05, 3.63) is 22.9 Å². The number of sulfonamides is 1. The van der Waals surface area contributed by atoms with Gasteiger partial charge >= 0.3 is 0 Å². The Kier molecular flexibility index (Phi) is 5.53. The van der Waals surface area contributed by atoms with Crippen molar-refractivity contribution in [1.82, 2.24) is 14.6 Å². The fraction of sp³-hybridized carbons (Fsp3) is 0.667. The summed E-state index contributed by atoms with van der Waals surface area (Å²) in [6.45, 7) is 5.56. The third-order valence-corrected chi connectivity index (χ3v) is 6.11. The highest BCUT2D eigenvalue weighted by molar-refractivity contribution is 7.88. The lowest BCUT2D eigenvalue weighted by Gasteiger charge is -2.17. The molecule has 1 amide bonds. The van der Waals surface area contributed by atoms with Crippen LogP contribution in [0.25, 0.3) is 0 Å². The number of hydrogen-bond donors (Lipinski definition) is 2. The van der Waals surface area contributed by atoms with Crippen molar-refractivity contribution in [2.24, 2.45) is 5.92 Å². The maximum absolute atomic E-state index is 12.7. The van der Waals surface area contributed by atoms with Crippen LogP contribution in [-0.2, 0) is 22.9 Å². The molecule has 1 aromatic heterocycles. The number of fused-ring (bicyclic) bond motifs is 1. The number of carbonyl (C=O) groups excluding carboxylic acids is 1. The first-order valence-corrected chi connectivity index (χ1v) is 11.1. The maximum Gasteiger partial charge on any atom is 0.255 e. The van der Waals surface area contributed by atoms with Gasteiger partial charge in [0.05, 0.1) is 11.8 Å². The number of carbonyl (C=O) groups is 1. The van der Waals surface area contributed by atoms with Crippen molar-refractivity contribution in [2.45, 2.75) is 45.6 Å². The van der Waals surface area contributed by atoms with Crippen LogP contribution < -0.4 is 10.6 Å². The first-order valence-electron chi connectivity index (χ1n) is 9.26. The molecular weight excluding hydrogens is 352 g/mol. The Morgan fingerprint density at radius 2 is 2.00 bits per heavy atom. The monoisotopic (exact) mass is 380 g/mol. The standard InChI is InChI=1S/C18H28N4O3S/c1-12(2)20-17-15(18(23)19-11-13-4-5-13)10-14-6-8-22(26(3,24)25)9-7-16(14)21-17/h10,12-13H,4-9,11H2,1-3H3,(H,19,23)(H,20,21). The minimum absolute atomic E-state index is 0.112.